The van der Waals surface area contributed by atoms with Crippen molar-refractivity contribution in [2.45, 2.75) is 33.1 Å². The molecule has 0 aromatic heterocycles. The average molecular weight is 329 g/mol. The number of amides is 3. The van der Waals surface area contributed by atoms with E-state index in [-0.39, 0.29) is 18.5 Å². The van der Waals surface area contributed by atoms with Crippen LogP contribution in [0.5, 0.6) is 0 Å². The van der Waals surface area contributed by atoms with Crippen molar-refractivity contribution in [2.24, 2.45) is 5.92 Å². The molecule has 1 atom stereocenters. The summed E-state index contributed by atoms with van der Waals surface area (Å²) in [5, 5.41) is 9.89. The van der Waals surface area contributed by atoms with E-state index >= 15 is 0 Å². The van der Waals surface area contributed by atoms with E-state index in [0.717, 1.165) is 12.8 Å². The molecule has 0 aliphatic carbocycles. The van der Waals surface area contributed by atoms with E-state index < -0.39 is 5.92 Å². The maximum absolute atomic E-state index is 12.6. The van der Waals surface area contributed by atoms with Gasteiger partial charge in [-0.25, -0.2) is 9.86 Å². The molecule has 23 heavy (non-hydrogen) atoms. The second-order valence-corrected chi connectivity index (χ2v) is 5.58. The molecule has 0 spiro atoms. The zero-order valence-electron chi connectivity index (χ0n) is 13.9. The number of nitrogens with zero attached hydrogens (tertiary/aromatic N) is 3. The summed E-state index contributed by atoms with van der Waals surface area (Å²) in [6.07, 6.45) is 2.37. The van der Waals surface area contributed by atoms with Crippen molar-refractivity contribution < 1.29 is 24.3 Å². The number of carbonyl (C=O) groups is 3. The number of ether oxygens (including phenoxy) is 1. The molecule has 1 rings (SSSR count). The van der Waals surface area contributed by atoms with Gasteiger partial charge in [-0.15, -0.1) is 0 Å². The third-order valence-electron chi connectivity index (χ3n) is 3.90. The molecule has 1 aliphatic rings. The Kier molecular flexibility index (Phi) is 8.39. The lowest BCUT2D eigenvalue weighted by molar-refractivity contribution is -0.157. The molecule has 1 heterocycles. The van der Waals surface area contributed by atoms with Crippen molar-refractivity contribution in [1.29, 1.82) is 0 Å². The number of hydroxylamine groups is 2. The lowest BCUT2D eigenvalue weighted by Gasteiger charge is -2.36. The SMILES string of the molecule is CCCCC(CN(O)C=O)C(=O)N1CCN(C(=O)OCC)CC1. The fourth-order valence-electron chi connectivity index (χ4n) is 2.59. The van der Waals surface area contributed by atoms with Crippen LogP contribution >= 0.6 is 0 Å². The van der Waals surface area contributed by atoms with Gasteiger partial charge in [-0.1, -0.05) is 19.8 Å². The van der Waals surface area contributed by atoms with Gasteiger partial charge < -0.3 is 14.5 Å². The van der Waals surface area contributed by atoms with E-state index in [2.05, 4.69) is 0 Å². The Morgan fingerprint density at radius 2 is 1.83 bits per heavy atom. The van der Waals surface area contributed by atoms with Crippen molar-refractivity contribution >= 4 is 18.4 Å². The van der Waals surface area contributed by atoms with Crippen LogP contribution < -0.4 is 0 Å². The van der Waals surface area contributed by atoms with Crippen molar-refractivity contribution in [3.8, 4) is 0 Å². The Hall–Kier alpha value is -1.83. The molecule has 0 bridgehead atoms. The Balaban J connectivity index is 2.56. The summed E-state index contributed by atoms with van der Waals surface area (Å²) < 4.78 is 4.95. The van der Waals surface area contributed by atoms with Gasteiger partial charge in [-0.05, 0) is 13.3 Å². The molecular formula is C15H27N3O5. The second kappa shape index (κ2) is 10.0. The summed E-state index contributed by atoms with van der Waals surface area (Å²) >= 11 is 0. The molecule has 8 heteroatoms. The maximum atomic E-state index is 12.6. The fraction of sp³-hybridized carbons (Fsp3) is 0.800. The zero-order chi connectivity index (χ0) is 17.2. The van der Waals surface area contributed by atoms with Gasteiger partial charge in [0.05, 0.1) is 19.1 Å². The molecule has 0 radical (unpaired) electrons. The van der Waals surface area contributed by atoms with Crippen molar-refractivity contribution in [3.05, 3.63) is 0 Å². The van der Waals surface area contributed by atoms with Gasteiger partial charge in [0.15, 0.2) is 0 Å². The number of piperazine rings is 1. The Morgan fingerprint density at radius 3 is 2.35 bits per heavy atom. The van der Waals surface area contributed by atoms with E-state index in [4.69, 9.17) is 4.74 Å². The monoisotopic (exact) mass is 329 g/mol. The van der Waals surface area contributed by atoms with Crippen LogP contribution in [0.15, 0.2) is 0 Å². The Bertz CT molecular complexity index is 397. The van der Waals surface area contributed by atoms with Gasteiger partial charge in [0.25, 0.3) is 0 Å². The van der Waals surface area contributed by atoms with Gasteiger partial charge in [-0.2, -0.15) is 0 Å². The minimum atomic E-state index is -0.417. The minimum absolute atomic E-state index is 0.000421. The van der Waals surface area contributed by atoms with Crippen molar-refractivity contribution in [1.82, 2.24) is 14.9 Å². The van der Waals surface area contributed by atoms with E-state index in [1.54, 1.807) is 16.7 Å². The molecule has 1 unspecified atom stereocenters. The number of rotatable bonds is 8. The summed E-state index contributed by atoms with van der Waals surface area (Å²) in [6.45, 7) is 5.85. The second-order valence-electron chi connectivity index (χ2n) is 5.58. The van der Waals surface area contributed by atoms with Gasteiger partial charge in [0.1, 0.15) is 0 Å². The molecule has 1 saturated heterocycles. The van der Waals surface area contributed by atoms with Crippen LogP contribution in [0.1, 0.15) is 33.1 Å². The van der Waals surface area contributed by atoms with Crippen LogP contribution in [-0.2, 0) is 14.3 Å². The van der Waals surface area contributed by atoms with Gasteiger partial charge >= 0.3 is 6.09 Å². The summed E-state index contributed by atoms with van der Waals surface area (Å²) in [7, 11) is 0. The number of hydrogen-bond acceptors (Lipinski definition) is 5. The highest BCUT2D eigenvalue weighted by atomic mass is 16.6. The van der Waals surface area contributed by atoms with Crippen molar-refractivity contribution in [3.63, 3.8) is 0 Å². The fourth-order valence-corrected chi connectivity index (χ4v) is 2.59. The summed E-state index contributed by atoms with van der Waals surface area (Å²) in [4.78, 5) is 38.1. The molecule has 3 amide bonds. The van der Waals surface area contributed by atoms with E-state index in [9.17, 15) is 19.6 Å². The van der Waals surface area contributed by atoms with Crippen LogP contribution in [0.4, 0.5) is 4.79 Å². The first-order valence-electron chi connectivity index (χ1n) is 8.14. The normalized spacial score (nSPS) is 16.0. The molecule has 0 aromatic carbocycles. The number of unbranched alkanes of at least 4 members (excludes halogenated alkanes) is 1. The first-order chi connectivity index (χ1) is 11.0. The highest BCUT2D eigenvalue weighted by Crippen LogP contribution is 2.15. The highest BCUT2D eigenvalue weighted by molar-refractivity contribution is 5.79. The largest absolute Gasteiger partial charge is 0.450 e. The smallest absolute Gasteiger partial charge is 0.409 e. The molecule has 132 valence electrons. The molecule has 0 aromatic rings. The Labute approximate surface area is 136 Å². The van der Waals surface area contributed by atoms with E-state index in [0.29, 0.717) is 50.7 Å². The van der Waals surface area contributed by atoms with Crippen LogP contribution in [0.25, 0.3) is 0 Å². The topological polar surface area (TPSA) is 90.4 Å². The molecule has 1 N–H and O–H groups in total. The number of hydrogen-bond donors (Lipinski definition) is 1. The summed E-state index contributed by atoms with van der Waals surface area (Å²) in [5.41, 5.74) is 0. The maximum Gasteiger partial charge on any atom is 0.409 e. The quantitative estimate of drug-likeness (QED) is 0.407. The van der Waals surface area contributed by atoms with Gasteiger partial charge in [-0.3, -0.25) is 14.8 Å². The molecule has 1 fully saturated rings. The molecule has 1 aliphatic heterocycles. The molecule has 8 nitrogen and oxygen atoms in total. The minimum Gasteiger partial charge on any atom is -0.450 e. The van der Waals surface area contributed by atoms with Crippen molar-refractivity contribution in [2.75, 3.05) is 39.3 Å². The van der Waals surface area contributed by atoms with Crippen LogP contribution in [0.3, 0.4) is 0 Å². The third-order valence-corrected chi connectivity index (χ3v) is 3.90. The summed E-state index contributed by atoms with van der Waals surface area (Å²) in [6, 6.07) is 0. The van der Waals surface area contributed by atoms with Gasteiger partial charge in [0.2, 0.25) is 12.3 Å². The van der Waals surface area contributed by atoms with Crippen LogP contribution in [0.2, 0.25) is 0 Å². The molecular weight excluding hydrogens is 302 g/mol. The third kappa shape index (κ3) is 6.05. The lowest BCUT2D eigenvalue weighted by atomic mass is 10.00. The predicted molar refractivity (Wildman–Crippen MR) is 82.7 cm³/mol. The average Bonchev–Trinajstić information content (AvgIpc) is 2.58. The molecule has 0 saturated carbocycles. The lowest BCUT2D eigenvalue weighted by Crippen LogP contribution is -2.53. The standard InChI is InChI=1S/C15H27N3O5/c1-3-5-6-13(11-18(22)12-19)14(20)16-7-9-17(10-8-16)15(21)23-4-2/h12-13,22H,3-11H2,1-2H3. The number of carbonyl (C=O) groups excluding carboxylic acids is 3. The first kappa shape index (κ1) is 19.2. The zero-order valence-corrected chi connectivity index (χ0v) is 13.9. The summed E-state index contributed by atoms with van der Waals surface area (Å²) in [5.74, 6) is -0.498. The highest BCUT2D eigenvalue weighted by Gasteiger charge is 2.29. The van der Waals surface area contributed by atoms with Crippen LogP contribution in [0, 0.1) is 5.92 Å². The van der Waals surface area contributed by atoms with Crippen LogP contribution in [-0.4, -0.2) is 77.8 Å². The van der Waals surface area contributed by atoms with E-state index in [1.165, 1.54) is 0 Å². The van der Waals surface area contributed by atoms with Gasteiger partial charge in [0, 0.05) is 26.2 Å². The first-order valence-corrected chi connectivity index (χ1v) is 8.14. The Morgan fingerprint density at radius 1 is 1.22 bits per heavy atom. The predicted octanol–water partition coefficient (Wildman–Crippen LogP) is 0.941. The van der Waals surface area contributed by atoms with E-state index in [1.807, 2.05) is 6.92 Å².